The lowest BCUT2D eigenvalue weighted by molar-refractivity contribution is 0.151. The summed E-state index contributed by atoms with van der Waals surface area (Å²) in [5, 5.41) is 11.0. The maximum Gasteiger partial charge on any atom is 0.0690 e. The van der Waals surface area contributed by atoms with Crippen molar-refractivity contribution in [3.05, 3.63) is 30.0 Å². The van der Waals surface area contributed by atoms with E-state index in [4.69, 9.17) is 0 Å². The number of fused-ring (bicyclic) bond motifs is 1. The van der Waals surface area contributed by atoms with Crippen LogP contribution in [0.1, 0.15) is 18.4 Å². The van der Waals surface area contributed by atoms with E-state index in [1.165, 1.54) is 27.2 Å². The predicted molar refractivity (Wildman–Crippen MR) is 57.5 cm³/mol. The number of benzene rings is 1. The van der Waals surface area contributed by atoms with E-state index in [1.54, 1.807) is 0 Å². The third-order valence-corrected chi connectivity index (χ3v) is 3.54. The quantitative estimate of drug-likeness (QED) is 0.816. The van der Waals surface area contributed by atoms with Crippen molar-refractivity contribution in [2.24, 2.45) is 0 Å². The minimum Gasteiger partial charge on any atom is -0.390 e. The fourth-order valence-electron chi connectivity index (χ4n) is 1.72. The monoisotopic (exact) mass is 205 g/mol. The van der Waals surface area contributed by atoms with Gasteiger partial charge >= 0.3 is 0 Å². The standard InChI is InChI=1S/C11H11NOS/c13-11(3-4-11)6-8-1-2-9-7-12-14-10(9)5-8/h1-2,5,7,13H,3-4,6H2. The molecule has 1 aliphatic carbocycles. The summed E-state index contributed by atoms with van der Waals surface area (Å²) in [7, 11) is 0. The van der Waals surface area contributed by atoms with Gasteiger partial charge in [-0.05, 0) is 36.0 Å². The molecule has 2 nitrogen and oxygen atoms in total. The normalized spacial score (nSPS) is 18.6. The highest BCUT2D eigenvalue weighted by Crippen LogP contribution is 2.38. The molecule has 3 rings (SSSR count). The van der Waals surface area contributed by atoms with E-state index in [0.29, 0.717) is 0 Å². The molecule has 0 radical (unpaired) electrons. The van der Waals surface area contributed by atoms with Crippen LogP contribution in [0.3, 0.4) is 0 Å². The fourth-order valence-corrected chi connectivity index (χ4v) is 2.43. The van der Waals surface area contributed by atoms with Crippen LogP contribution in [-0.2, 0) is 6.42 Å². The summed E-state index contributed by atoms with van der Waals surface area (Å²) in [6.07, 6.45) is 4.58. The van der Waals surface area contributed by atoms with E-state index in [2.05, 4.69) is 22.6 Å². The molecular weight excluding hydrogens is 194 g/mol. The molecule has 1 aliphatic rings. The van der Waals surface area contributed by atoms with Gasteiger partial charge in [-0.25, -0.2) is 0 Å². The van der Waals surface area contributed by atoms with Gasteiger partial charge in [-0.3, -0.25) is 0 Å². The Morgan fingerprint density at radius 1 is 1.43 bits per heavy atom. The van der Waals surface area contributed by atoms with Crippen molar-refractivity contribution in [1.82, 2.24) is 4.37 Å². The maximum absolute atomic E-state index is 9.79. The van der Waals surface area contributed by atoms with Crippen LogP contribution in [0.25, 0.3) is 10.1 Å². The van der Waals surface area contributed by atoms with Crippen molar-refractivity contribution in [2.45, 2.75) is 24.9 Å². The molecule has 1 aromatic heterocycles. The topological polar surface area (TPSA) is 33.1 Å². The second kappa shape index (κ2) is 2.78. The Bertz CT molecular complexity index is 473. The summed E-state index contributed by atoms with van der Waals surface area (Å²) in [4.78, 5) is 0. The fraction of sp³-hybridized carbons (Fsp3) is 0.364. The number of nitrogens with zero attached hydrogens (tertiary/aromatic N) is 1. The number of hydrogen-bond donors (Lipinski definition) is 1. The van der Waals surface area contributed by atoms with Gasteiger partial charge in [-0.15, -0.1) is 0 Å². The Balaban J connectivity index is 1.97. The third-order valence-electron chi connectivity index (χ3n) is 2.78. The van der Waals surface area contributed by atoms with Gasteiger partial charge in [0.25, 0.3) is 0 Å². The summed E-state index contributed by atoms with van der Waals surface area (Å²) in [5.74, 6) is 0. The second-order valence-electron chi connectivity index (χ2n) is 4.10. The van der Waals surface area contributed by atoms with Crippen molar-refractivity contribution in [3.63, 3.8) is 0 Å². The number of aromatic nitrogens is 1. The van der Waals surface area contributed by atoms with Gasteiger partial charge in [-0.1, -0.05) is 12.1 Å². The van der Waals surface area contributed by atoms with Crippen LogP contribution in [0, 0.1) is 0 Å². The smallest absolute Gasteiger partial charge is 0.0690 e. The van der Waals surface area contributed by atoms with Gasteiger partial charge in [0.2, 0.25) is 0 Å². The lowest BCUT2D eigenvalue weighted by Gasteiger charge is -2.06. The van der Waals surface area contributed by atoms with Crippen LogP contribution >= 0.6 is 11.5 Å². The van der Waals surface area contributed by atoms with Crippen molar-refractivity contribution >= 4 is 21.6 Å². The zero-order valence-corrected chi connectivity index (χ0v) is 8.55. The third kappa shape index (κ3) is 1.42. The summed E-state index contributed by atoms with van der Waals surface area (Å²) in [6.45, 7) is 0. The highest BCUT2D eigenvalue weighted by Gasteiger charge is 2.40. The number of hydrogen-bond acceptors (Lipinski definition) is 3. The van der Waals surface area contributed by atoms with Crippen LogP contribution in [0.2, 0.25) is 0 Å². The van der Waals surface area contributed by atoms with Crippen LogP contribution < -0.4 is 0 Å². The van der Waals surface area contributed by atoms with E-state index < -0.39 is 5.60 Å². The molecule has 14 heavy (non-hydrogen) atoms. The molecule has 72 valence electrons. The van der Waals surface area contributed by atoms with Gasteiger partial charge < -0.3 is 5.11 Å². The van der Waals surface area contributed by atoms with E-state index in [-0.39, 0.29) is 0 Å². The van der Waals surface area contributed by atoms with Gasteiger partial charge in [-0.2, -0.15) is 4.37 Å². The molecule has 1 heterocycles. The van der Waals surface area contributed by atoms with Crippen molar-refractivity contribution < 1.29 is 5.11 Å². The summed E-state index contributed by atoms with van der Waals surface area (Å²) in [5.41, 5.74) is 0.833. The van der Waals surface area contributed by atoms with Crippen molar-refractivity contribution in [3.8, 4) is 0 Å². The maximum atomic E-state index is 9.79. The van der Waals surface area contributed by atoms with Crippen molar-refractivity contribution in [2.75, 3.05) is 0 Å². The molecule has 0 spiro atoms. The van der Waals surface area contributed by atoms with E-state index in [1.807, 2.05) is 6.20 Å². The second-order valence-corrected chi connectivity index (χ2v) is 4.93. The summed E-state index contributed by atoms with van der Waals surface area (Å²) < 4.78 is 5.35. The molecule has 0 atom stereocenters. The minimum absolute atomic E-state index is 0.391. The molecule has 0 amide bonds. The molecular formula is C11H11NOS. The minimum atomic E-state index is -0.391. The van der Waals surface area contributed by atoms with E-state index >= 15 is 0 Å². The Morgan fingerprint density at radius 2 is 2.29 bits per heavy atom. The molecule has 1 fully saturated rings. The van der Waals surface area contributed by atoms with E-state index in [9.17, 15) is 5.11 Å². The van der Waals surface area contributed by atoms with Gasteiger partial charge in [0, 0.05) is 18.0 Å². The Labute approximate surface area is 86.4 Å². The first kappa shape index (κ1) is 8.38. The molecule has 0 unspecified atom stereocenters. The average Bonchev–Trinajstić information content (AvgIpc) is 2.73. The lowest BCUT2D eigenvalue weighted by Crippen LogP contribution is -2.10. The molecule has 1 N–H and O–H groups in total. The molecule has 0 bridgehead atoms. The Hall–Kier alpha value is -0.930. The first-order valence-electron chi connectivity index (χ1n) is 4.81. The largest absolute Gasteiger partial charge is 0.390 e. The van der Waals surface area contributed by atoms with Gasteiger partial charge in [0.1, 0.15) is 0 Å². The van der Waals surface area contributed by atoms with Gasteiger partial charge in [0.15, 0.2) is 0 Å². The van der Waals surface area contributed by atoms with Crippen LogP contribution in [0.4, 0.5) is 0 Å². The Kier molecular flexibility index (Phi) is 1.66. The summed E-state index contributed by atoms with van der Waals surface area (Å²) >= 11 is 1.52. The lowest BCUT2D eigenvalue weighted by atomic mass is 10.1. The van der Waals surface area contributed by atoms with Crippen LogP contribution in [-0.4, -0.2) is 15.1 Å². The molecule has 1 aromatic carbocycles. The van der Waals surface area contributed by atoms with Crippen LogP contribution in [0.5, 0.6) is 0 Å². The number of aliphatic hydroxyl groups is 1. The summed E-state index contributed by atoms with van der Waals surface area (Å²) in [6, 6.07) is 6.32. The zero-order chi connectivity index (χ0) is 9.60. The highest BCUT2D eigenvalue weighted by molar-refractivity contribution is 7.13. The first-order chi connectivity index (χ1) is 6.75. The molecule has 2 aromatic rings. The van der Waals surface area contributed by atoms with Gasteiger partial charge in [0.05, 0.1) is 10.3 Å². The average molecular weight is 205 g/mol. The predicted octanol–water partition coefficient (Wildman–Crippen LogP) is 2.36. The SMILES string of the molecule is OC1(Cc2ccc3cnsc3c2)CC1. The Morgan fingerprint density at radius 3 is 3.07 bits per heavy atom. The first-order valence-corrected chi connectivity index (χ1v) is 5.58. The molecule has 0 saturated heterocycles. The number of rotatable bonds is 2. The molecule has 1 saturated carbocycles. The van der Waals surface area contributed by atoms with Crippen LogP contribution in [0.15, 0.2) is 24.4 Å². The van der Waals surface area contributed by atoms with Crippen molar-refractivity contribution in [1.29, 1.82) is 0 Å². The molecule has 0 aliphatic heterocycles. The molecule has 3 heteroatoms. The van der Waals surface area contributed by atoms with E-state index in [0.717, 1.165) is 19.3 Å². The zero-order valence-electron chi connectivity index (χ0n) is 7.73. The highest BCUT2D eigenvalue weighted by atomic mass is 32.1.